The van der Waals surface area contributed by atoms with Crippen molar-refractivity contribution in [1.82, 2.24) is 5.32 Å². The molecule has 1 saturated carbocycles. The molecule has 4 unspecified atom stereocenters. The van der Waals surface area contributed by atoms with Crippen LogP contribution in [0.2, 0.25) is 0 Å². The van der Waals surface area contributed by atoms with Crippen LogP contribution in [-0.2, 0) is 4.74 Å². The van der Waals surface area contributed by atoms with E-state index in [4.69, 9.17) is 4.74 Å². The van der Waals surface area contributed by atoms with E-state index in [1.54, 1.807) is 0 Å². The Morgan fingerprint density at radius 1 is 1.19 bits per heavy atom. The second-order valence-electron chi connectivity index (χ2n) is 5.03. The third-order valence-corrected chi connectivity index (χ3v) is 4.14. The fraction of sp³-hybridized carbons (Fsp3) is 1.00. The Bertz CT molecular complexity index is 228. The van der Waals surface area contributed by atoms with Crippen molar-refractivity contribution in [2.24, 2.45) is 17.8 Å². The SMILES string of the molecule is Cl.FC1(F)C(C2CCNC2)C1C1CCCO1. The summed E-state index contributed by atoms with van der Waals surface area (Å²) in [5.74, 6) is -3.17. The van der Waals surface area contributed by atoms with E-state index in [1.165, 1.54) is 0 Å². The quantitative estimate of drug-likeness (QED) is 0.814. The lowest BCUT2D eigenvalue weighted by Crippen LogP contribution is -2.15. The predicted molar refractivity (Wildman–Crippen MR) is 59.1 cm³/mol. The minimum absolute atomic E-state index is 0. The minimum atomic E-state index is -2.45. The number of ether oxygens (including phenoxy) is 1. The van der Waals surface area contributed by atoms with Crippen molar-refractivity contribution in [3.05, 3.63) is 0 Å². The molecule has 0 spiro atoms. The van der Waals surface area contributed by atoms with Crippen molar-refractivity contribution in [1.29, 1.82) is 0 Å². The van der Waals surface area contributed by atoms with Crippen molar-refractivity contribution in [2.75, 3.05) is 19.7 Å². The normalized spacial score (nSPS) is 45.4. The highest BCUT2D eigenvalue weighted by Crippen LogP contribution is 2.63. The standard InChI is InChI=1S/C11H17F2NO.ClH/c12-11(13)9(7-3-4-14-6-7)10(11)8-2-1-5-15-8;/h7-10,14H,1-6H2;1H. The molecular formula is C11H18ClF2NO. The fourth-order valence-electron chi connectivity index (χ4n) is 3.33. The lowest BCUT2D eigenvalue weighted by atomic mass is 9.99. The smallest absolute Gasteiger partial charge is 0.257 e. The molecule has 0 amide bonds. The highest BCUT2D eigenvalue weighted by atomic mass is 35.5. The molecule has 0 radical (unpaired) electrons. The Morgan fingerprint density at radius 3 is 2.56 bits per heavy atom. The summed E-state index contributed by atoms with van der Waals surface area (Å²) in [7, 11) is 0. The van der Waals surface area contributed by atoms with E-state index in [0.717, 1.165) is 32.4 Å². The van der Waals surface area contributed by atoms with Gasteiger partial charge in [-0.25, -0.2) is 8.78 Å². The summed E-state index contributed by atoms with van der Waals surface area (Å²) in [6, 6.07) is 0. The maximum absolute atomic E-state index is 13.7. The highest BCUT2D eigenvalue weighted by molar-refractivity contribution is 5.85. The van der Waals surface area contributed by atoms with Crippen LogP contribution in [0, 0.1) is 17.8 Å². The van der Waals surface area contributed by atoms with Gasteiger partial charge >= 0.3 is 0 Å². The van der Waals surface area contributed by atoms with Gasteiger partial charge in [0, 0.05) is 12.5 Å². The molecule has 3 rings (SSSR count). The lowest BCUT2D eigenvalue weighted by Gasteiger charge is -2.09. The zero-order valence-electron chi connectivity index (χ0n) is 9.12. The number of hydrogen-bond donors (Lipinski definition) is 1. The fourth-order valence-corrected chi connectivity index (χ4v) is 3.33. The molecule has 4 atom stereocenters. The highest BCUT2D eigenvalue weighted by Gasteiger charge is 2.73. The predicted octanol–water partition coefficient (Wildman–Crippen LogP) is 2.08. The average molecular weight is 254 g/mol. The van der Waals surface area contributed by atoms with Gasteiger partial charge < -0.3 is 10.1 Å². The van der Waals surface area contributed by atoms with E-state index in [-0.39, 0.29) is 24.4 Å². The molecule has 0 aromatic carbocycles. The molecule has 1 N–H and O–H groups in total. The molecule has 16 heavy (non-hydrogen) atoms. The molecule has 5 heteroatoms. The molecule has 3 fully saturated rings. The summed E-state index contributed by atoms with van der Waals surface area (Å²) in [4.78, 5) is 0. The third kappa shape index (κ3) is 1.85. The van der Waals surface area contributed by atoms with Crippen LogP contribution in [0.15, 0.2) is 0 Å². The van der Waals surface area contributed by atoms with Gasteiger partial charge in [0.1, 0.15) is 0 Å². The summed E-state index contributed by atoms with van der Waals surface area (Å²) < 4.78 is 32.7. The van der Waals surface area contributed by atoms with Crippen LogP contribution in [0.3, 0.4) is 0 Å². The Morgan fingerprint density at radius 2 is 2.00 bits per heavy atom. The van der Waals surface area contributed by atoms with Gasteiger partial charge in [0.2, 0.25) is 0 Å². The van der Waals surface area contributed by atoms with Crippen LogP contribution < -0.4 is 5.32 Å². The molecule has 94 valence electrons. The zero-order valence-corrected chi connectivity index (χ0v) is 9.94. The maximum atomic E-state index is 13.7. The zero-order chi connectivity index (χ0) is 10.5. The summed E-state index contributed by atoms with van der Waals surface area (Å²) in [6.07, 6.45) is 2.53. The average Bonchev–Trinajstić information content (AvgIpc) is 2.78. The van der Waals surface area contributed by atoms with Gasteiger partial charge in [-0.1, -0.05) is 0 Å². The van der Waals surface area contributed by atoms with Crippen LogP contribution in [0.25, 0.3) is 0 Å². The lowest BCUT2D eigenvalue weighted by molar-refractivity contribution is 0.0283. The van der Waals surface area contributed by atoms with Crippen LogP contribution in [0.1, 0.15) is 19.3 Å². The van der Waals surface area contributed by atoms with E-state index in [9.17, 15) is 8.78 Å². The molecule has 0 bridgehead atoms. The van der Waals surface area contributed by atoms with Gasteiger partial charge in [-0.05, 0) is 38.3 Å². The van der Waals surface area contributed by atoms with E-state index >= 15 is 0 Å². The second kappa shape index (κ2) is 4.39. The largest absolute Gasteiger partial charge is 0.378 e. The first kappa shape index (κ1) is 12.5. The van der Waals surface area contributed by atoms with Gasteiger partial charge in [-0.3, -0.25) is 0 Å². The van der Waals surface area contributed by atoms with E-state index in [2.05, 4.69) is 5.32 Å². The van der Waals surface area contributed by atoms with Crippen LogP contribution >= 0.6 is 12.4 Å². The van der Waals surface area contributed by atoms with Crippen molar-refractivity contribution in [3.8, 4) is 0 Å². The van der Waals surface area contributed by atoms with Gasteiger partial charge in [-0.15, -0.1) is 12.4 Å². The Kier molecular flexibility index (Phi) is 3.44. The van der Waals surface area contributed by atoms with Gasteiger partial charge in [-0.2, -0.15) is 0 Å². The Hall–Kier alpha value is 0.0700. The Balaban J connectivity index is 0.000000963. The summed E-state index contributed by atoms with van der Waals surface area (Å²) in [5, 5.41) is 3.17. The monoisotopic (exact) mass is 253 g/mol. The van der Waals surface area contributed by atoms with Gasteiger partial charge in [0.25, 0.3) is 5.92 Å². The van der Waals surface area contributed by atoms with Gasteiger partial charge in [0.15, 0.2) is 0 Å². The molecule has 0 aromatic heterocycles. The van der Waals surface area contributed by atoms with Crippen molar-refractivity contribution < 1.29 is 13.5 Å². The molecule has 2 heterocycles. The van der Waals surface area contributed by atoms with Crippen LogP contribution in [0.5, 0.6) is 0 Å². The molecule has 0 aromatic rings. The first-order chi connectivity index (χ1) is 7.21. The third-order valence-electron chi connectivity index (χ3n) is 4.14. The first-order valence-electron chi connectivity index (χ1n) is 5.91. The summed E-state index contributed by atoms with van der Waals surface area (Å²) in [5.41, 5.74) is 0. The topological polar surface area (TPSA) is 21.3 Å². The Labute approximate surface area is 101 Å². The number of rotatable bonds is 2. The van der Waals surface area contributed by atoms with Crippen LogP contribution in [-0.4, -0.2) is 31.7 Å². The second-order valence-corrected chi connectivity index (χ2v) is 5.03. The number of halogens is 3. The summed E-state index contributed by atoms with van der Waals surface area (Å²) in [6.45, 7) is 2.34. The van der Waals surface area contributed by atoms with Crippen LogP contribution in [0.4, 0.5) is 8.78 Å². The molecule has 3 aliphatic rings. The first-order valence-corrected chi connectivity index (χ1v) is 5.91. The van der Waals surface area contributed by atoms with E-state index < -0.39 is 17.8 Å². The van der Waals surface area contributed by atoms with Crippen molar-refractivity contribution in [3.63, 3.8) is 0 Å². The molecule has 1 aliphatic carbocycles. The molecular weight excluding hydrogens is 236 g/mol. The van der Waals surface area contributed by atoms with Crippen molar-refractivity contribution >= 4 is 12.4 Å². The summed E-state index contributed by atoms with van der Waals surface area (Å²) >= 11 is 0. The van der Waals surface area contributed by atoms with E-state index in [1.807, 2.05) is 0 Å². The molecule has 2 nitrogen and oxygen atoms in total. The molecule has 2 aliphatic heterocycles. The number of nitrogens with one attached hydrogen (secondary N) is 1. The number of alkyl halides is 2. The maximum Gasteiger partial charge on any atom is 0.257 e. The molecule has 2 saturated heterocycles. The van der Waals surface area contributed by atoms with Gasteiger partial charge in [0.05, 0.1) is 12.0 Å². The van der Waals surface area contributed by atoms with E-state index in [0.29, 0.717) is 6.61 Å². The number of hydrogen-bond acceptors (Lipinski definition) is 2. The van der Waals surface area contributed by atoms with Crippen molar-refractivity contribution in [2.45, 2.75) is 31.3 Å². The minimum Gasteiger partial charge on any atom is -0.378 e.